The van der Waals surface area contributed by atoms with Crippen LogP contribution in [-0.2, 0) is 11.3 Å². The Morgan fingerprint density at radius 3 is 3.19 bits per heavy atom. The Labute approximate surface area is 94.9 Å². The molecule has 0 bridgehead atoms. The summed E-state index contributed by atoms with van der Waals surface area (Å²) in [4.78, 5) is 15.1. The maximum atomic E-state index is 10.9. The van der Waals surface area contributed by atoms with Crippen molar-refractivity contribution in [1.82, 2.24) is 15.2 Å². The molecule has 7 heteroatoms. The molecule has 2 aromatic heterocycles. The van der Waals surface area contributed by atoms with Gasteiger partial charge in [-0.25, -0.2) is 9.78 Å². The van der Waals surface area contributed by atoms with Crippen molar-refractivity contribution >= 4 is 17.3 Å². The van der Waals surface area contributed by atoms with Gasteiger partial charge in [0.15, 0.2) is 0 Å². The number of carboxylic acid groups (broad SMARTS) is 1. The van der Waals surface area contributed by atoms with E-state index in [1.165, 1.54) is 17.5 Å². The van der Waals surface area contributed by atoms with Crippen LogP contribution in [0.15, 0.2) is 11.6 Å². The smallest absolute Gasteiger partial charge is 0.339 e. The zero-order chi connectivity index (χ0) is 11.5. The van der Waals surface area contributed by atoms with Crippen molar-refractivity contribution in [2.45, 2.75) is 6.61 Å². The van der Waals surface area contributed by atoms with E-state index in [1.807, 2.05) is 0 Å². The van der Waals surface area contributed by atoms with Gasteiger partial charge in [-0.05, 0) is 0 Å². The summed E-state index contributed by atoms with van der Waals surface area (Å²) in [7, 11) is 1.58. The Kier molecular flexibility index (Phi) is 2.97. The molecule has 0 atom stereocenters. The van der Waals surface area contributed by atoms with Crippen molar-refractivity contribution in [3.8, 4) is 11.4 Å². The Morgan fingerprint density at radius 2 is 2.50 bits per heavy atom. The molecule has 2 aromatic rings. The van der Waals surface area contributed by atoms with Crippen LogP contribution in [-0.4, -0.2) is 33.4 Å². The van der Waals surface area contributed by atoms with Crippen LogP contribution >= 0.6 is 11.3 Å². The first-order valence-corrected chi connectivity index (χ1v) is 5.30. The molecule has 84 valence electrons. The minimum atomic E-state index is -1.02. The van der Waals surface area contributed by atoms with E-state index in [2.05, 4.69) is 15.2 Å². The van der Waals surface area contributed by atoms with Crippen molar-refractivity contribution in [3.63, 3.8) is 0 Å². The first-order valence-electron chi connectivity index (χ1n) is 4.42. The first-order chi connectivity index (χ1) is 7.72. The summed E-state index contributed by atoms with van der Waals surface area (Å²) < 4.78 is 4.94. The first kappa shape index (κ1) is 10.8. The van der Waals surface area contributed by atoms with E-state index in [0.29, 0.717) is 18.0 Å². The summed E-state index contributed by atoms with van der Waals surface area (Å²) >= 11 is 1.42. The number of aromatic amines is 1. The summed E-state index contributed by atoms with van der Waals surface area (Å²) in [5.41, 5.74) is 1.12. The second-order valence-corrected chi connectivity index (χ2v) is 3.97. The highest BCUT2D eigenvalue weighted by molar-refractivity contribution is 7.09. The van der Waals surface area contributed by atoms with Crippen LogP contribution in [0.2, 0.25) is 0 Å². The predicted octanol–water partition coefficient (Wildman–Crippen LogP) is 1.38. The summed E-state index contributed by atoms with van der Waals surface area (Å²) in [5.74, 6) is -1.02. The van der Waals surface area contributed by atoms with E-state index in [1.54, 1.807) is 12.5 Å². The second kappa shape index (κ2) is 4.42. The van der Waals surface area contributed by atoms with Gasteiger partial charge in [-0.1, -0.05) is 0 Å². The maximum Gasteiger partial charge on any atom is 0.339 e. The number of ether oxygens (including phenoxy) is 1. The Bertz CT molecular complexity index is 506. The number of rotatable bonds is 4. The Morgan fingerprint density at radius 1 is 1.69 bits per heavy atom. The quantitative estimate of drug-likeness (QED) is 0.841. The third-order valence-electron chi connectivity index (χ3n) is 1.95. The molecule has 0 amide bonds. The topological polar surface area (TPSA) is 88.1 Å². The number of aromatic nitrogens is 3. The lowest BCUT2D eigenvalue weighted by Gasteiger charge is -1.94. The predicted molar refractivity (Wildman–Crippen MR) is 57.4 cm³/mol. The largest absolute Gasteiger partial charge is 0.478 e. The molecule has 0 aliphatic carbocycles. The molecular weight excluding hydrogens is 230 g/mol. The number of aromatic carboxylic acids is 1. The van der Waals surface area contributed by atoms with Gasteiger partial charge in [0, 0.05) is 12.5 Å². The van der Waals surface area contributed by atoms with Gasteiger partial charge in [0.1, 0.15) is 16.3 Å². The molecule has 16 heavy (non-hydrogen) atoms. The number of H-pyrrole nitrogens is 1. The lowest BCUT2D eigenvalue weighted by molar-refractivity contribution is 0.0698. The minimum Gasteiger partial charge on any atom is -0.478 e. The van der Waals surface area contributed by atoms with Crippen LogP contribution in [0.25, 0.3) is 11.4 Å². The van der Waals surface area contributed by atoms with E-state index >= 15 is 0 Å². The van der Waals surface area contributed by atoms with Gasteiger partial charge in [0.25, 0.3) is 0 Å². The lowest BCUT2D eigenvalue weighted by atomic mass is 10.2. The van der Waals surface area contributed by atoms with Crippen LogP contribution in [0.3, 0.4) is 0 Å². The second-order valence-electron chi connectivity index (χ2n) is 3.02. The van der Waals surface area contributed by atoms with Crippen LogP contribution in [0.1, 0.15) is 15.4 Å². The zero-order valence-corrected chi connectivity index (χ0v) is 9.24. The average Bonchev–Trinajstić information content (AvgIpc) is 2.83. The third kappa shape index (κ3) is 1.95. The highest BCUT2D eigenvalue weighted by Gasteiger charge is 2.16. The van der Waals surface area contributed by atoms with Gasteiger partial charge in [-0.3, -0.25) is 5.10 Å². The normalized spacial score (nSPS) is 10.6. The Hall–Kier alpha value is -1.73. The molecular formula is C9H9N3O3S. The standard InChI is InChI=1S/C9H9N3O3S/c1-15-3-7-11-6(4-16-7)8-5(9(13)14)2-10-12-8/h2,4H,3H2,1H3,(H,10,12)(H,13,14). The summed E-state index contributed by atoms with van der Waals surface area (Å²) in [6, 6.07) is 0. The molecule has 6 nitrogen and oxygen atoms in total. The summed E-state index contributed by atoms with van der Waals surface area (Å²) in [6.45, 7) is 0.418. The summed E-state index contributed by atoms with van der Waals surface area (Å²) in [6.07, 6.45) is 1.27. The summed E-state index contributed by atoms with van der Waals surface area (Å²) in [5, 5.41) is 17.8. The van der Waals surface area contributed by atoms with Gasteiger partial charge in [-0.15, -0.1) is 11.3 Å². The van der Waals surface area contributed by atoms with Crippen molar-refractivity contribution in [2.75, 3.05) is 7.11 Å². The SMILES string of the molecule is COCc1nc(-c2[nH]ncc2C(=O)O)cs1. The molecule has 2 rings (SSSR count). The number of carboxylic acids is 1. The molecule has 0 fully saturated rings. The molecule has 0 spiro atoms. The molecule has 2 heterocycles. The number of hydrogen-bond donors (Lipinski definition) is 2. The number of methoxy groups -OCH3 is 1. The van der Waals surface area contributed by atoms with E-state index < -0.39 is 5.97 Å². The fourth-order valence-electron chi connectivity index (χ4n) is 1.26. The number of thiazole rings is 1. The van der Waals surface area contributed by atoms with Crippen LogP contribution in [0.4, 0.5) is 0 Å². The van der Waals surface area contributed by atoms with Crippen LogP contribution in [0, 0.1) is 0 Å². The fourth-order valence-corrected chi connectivity index (χ4v) is 2.01. The van der Waals surface area contributed by atoms with Crippen LogP contribution in [0.5, 0.6) is 0 Å². The molecule has 0 radical (unpaired) electrons. The highest BCUT2D eigenvalue weighted by atomic mass is 32.1. The average molecular weight is 239 g/mol. The van der Waals surface area contributed by atoms with Gasteiger partial charge in [0.05, 0.1) is 18.5 Å². The lowest BCUT2D eigenvalue weighted by Crippen LogP contribution is -1.97. The van der Waals surface area contributed by atoms with Crippen molar-refractivity contribution in [3.05, 3.63) is 22.1 Å². The monoisotopic (exact) mass is 239 g/mol. The minimum absolute atomic E-state index is 0.120. The van der Waals surface area contributed by atoms with E-state index in [9.17, 15) is 4.79 Å². The van der Waals surface area contributed by atoms with E-state index in [-0.39, 0.29) is 5.56 Å². The Balaban J connectivity index is 2.35. The molecule has 0 aromatic carbocycles. The number of nitrogens with one attached hydrogen (secondary N) is 1. The molecule has 0 aliphatic heterocycles. The highest BCUT2D eigenvalue weighted by Crippen LogP contribution is 2.23. The van der Waals surface area contributed by atoms with Gasteiger partial charge >= 0.3 is 5.97 Å². The molecule has 0 unspecified atom stereocenters. The van der Waals surface area contributed by atoms with Crippen LogP contribution < -0.4 is 0 Å². The molecule has 0 aliphatic rings. The molecule has 0 saturated carbocycles. The number of nitrogens with zero attached hydrogens (tertiary/aromatic N) is 2. The van der Waals surface area contributed by atoms with Gasteiger partial charge in [0.2, 0.25) is 0 Å². The fraction of sp³-hybridized carbons (Fsp3) is 0.222. The van der Waals surface area contributed by atoms with Gasteiger partial charge in [-0.2, -0.15) is 5.10 Å². The molecule has 2 N–H and O–H groups in total. The maximum absolute atomic E-state index is 10.9. The van der Waals surface area contributed by atoms with Crippen molar-refractivity contribution < 1.29 is 14.6 Å². The van der Waals surface area contributed by atoms with Crippen molar-refractivity contribution in [1.29, 1.82) is 0 Å². The zero-order valence-electron chi connectivity index (χ0n) is 8.43. The molecule has 0 saturated heterocycles. The third-order valence-corrected chi connectivity index (χ3v) is 2.77. The van der Waals surface area contributed by atoms with E-state index in [4.69, 9.17) is 9.84 Å². The van der Waals surface area contributed by atoms with E-state index in [0.717, 1.165) is 5.01 Å². The van der Waals surface area contributed by atoms with Gasteiger partial charge < -0.3 is 9.84 Å². The number of carbonyl (C=O) groups is 1. The number of hydrogen-bond acceptors (Lipinski definition) is 5. The van der Waals surface area contributed by atoms with Crippen molar-refractivity contribution in [2.24, 2.45) is 0 Å².